The molecule has 0 aliphatic carbocycles. The number of nitrogens with zero attached hydrogens (tertiary/aromatic N) is 2. The summed E-state index contributed by atoms with van der Waals surface area (Å²) < 4.78 is 3.64. The minimum atomic E-state index is -0.125. The predicted octanol–water partition coefficient (Wildman–Crippen LogP) is 10.7. The van der Waals surface area contributed by atoms with E-state index >= 15 is 0 Å². The van der Waals surface area contributed by atoms with Crippen LogP contribution in [-0.4, -0.2) is 20.4 Å². The summed E-state index contributed by atoms with van der Waals surface area (Å²) >= 11 is 1.66. The molecule has 6 rings (SSSR count). The Labute approximate surface area is 277 Å². The molecule has 0 unspecified atom stereocenters. The van der Waals surface area contributed by atoms with Crippen LogP contribution in [0.2, 0.25) is 0 Å². The maximum absolute atomic E-state index is 10.0. The van der Waals surface area contributed by atoms with Gasteiger partial charge in [0.2, 0.25) is 0 Å². The Balaban J connectivity index is 0.000000497. The molecule has 0 aliphatic heterocycles. The Hall–Kier alpha value is -3.83. The first-order valence-electron chi connectivity index (χ1n) is 14.6. The van der Waals surface area contributed by atoms with E-state index in [2.05, 4.69) is 129 Å². The number of aromatic nitrogens is 2. The summed E-state index contributed by atoms with van der Waals surface area (Å²) in [6.45, 7) is 12.0. The average molecular weight is 778 g/mol. The van der Waals surface area contributed by atoms with Crippen LogP contribution in [0, 0.1) is 5.38 Å². The minimum absolute atomic E-state index is 0. The van der Waals surface area contributed by atoms with E-state index in [1.54, 1.807) is 11.3 Å². The molecule has 0 amide bonds. The van der Waals surface area contributed by atoms with Crippen LogP contribution in [0.15, 0.2) is 103 Å². The molecule has 4 aromatic carbocycles. The first-order valence-corrected chi connectivity index (χ1v) is 15.5. The Morgan fingerprint density at radius 2 is 1.43 bits per heavy atom. The number of allylic oxidation sites excluding steroid dienone is 2. The van der Waals surface area contributed by atoms with Gasteiger partial charge in [-0.2, -0.15) is 0 Å². The van der Waals surface area contributed by atoms with Gasteiger partial charge in [-0.15, -0.1) is 11.5 Å². The van der Waals surface area contributed by atoms with Crippen LogP contribution in [-0.2, 0) is 24.9 Å². The SMILES string of the molecule is CC(=O)/C=C(/C)O.CC(C)c1cc(-c2ccccc2)cc(C(C)C)c1-n1c(-c2[c-]sc3ccccc23)nc2ccccc21.[Ir]. The maximum atomic E-state index is 10.0. The van der Waals surface area contributed by atoms with Crippen LogP contribution in [0.25, 0.3) is 49.3 Å². The van der Waals surface area contributed by atoms with Gasteiger partial charge in [-0.05, 0) is 72.2 Å². The number of imidazole rings is 1. The average Bonchev–Trinajstić information content (AvgIpc) is 3.58. The van der Waals surface area contributed by atoms with Crippen molar-refractivity contribution in [3.63, 3.8) is 0 Å². The zero-order valence-corrected chi connectivity index (χ0v) is 29.1. The number of hydrogen-bond acceptors (Lipinski definition) is 4. The van der Waals surface area contributed by atoms with Crippen molar-refractivity contribution in [3.05, 3.63) is 119 Å². The van der Waals surface area contributed by atoms with Crippen molar-refractivity contribution in [2.24, 2.45) is 0 Å². The molecule has 0 atom stereocenters. The molecule has 44 heavy (non-hydrogen) atoms. The molecule has 2 aromatic heterocycles. The Morgan fingerprint density at radius 1 is 0.841 bits per heavy atom. The van der Waals surface area contributed by atoms with Crippen LogP contribution in [0.5, 0.6) is 0 Å². The third kappa shape index (κ3) is 6.94. The molecule has 0 aliphatic rings. The van der Waals surface area contributed by atoms with Gasteiger partial charge in [-0.3, -0.25) is 21.1 Å². The molecule has 4 nitrogen and oxygen atoms in total. The summed E-state index contributed by atoms with van der Waals surface area (Å²) in [5.74, 6) is 1.59. The minimum Gasteiger partial charge on any atom is -0.512 e. The van der Waals surface area contributed by atoms with Gasteiger partial charge < -0.3 is 9.67 Å². The quantitative estimate of drug-likeness (QED) is 0.104. The fourth-order valence-electron chi connectivity index (χ4n) is 5.42. The summed E-state index contributed by atoms with van der Waals surface area (Å²) in [5.41, 5.74) is 9.66. The smallest absolute Gasteiger partial charge is 0.155 e. The van der Waals surface area contributed by atoms with E-state index in [4.69, 9.17) is 10.1 Å². The predicted molar refractivity (Wildman–Crippen MR) is 181 cm³/mol. The fourth-order valence-corrected chi connectivity index (χ4v) is 6.26. The van der Waals surface area contributed by atoms with E-state index in [1.807, 2.05) is 0 Å². The number of fused-ring (bicyclic) bond motifs is 2. The standard InChI is InChI=1S/C33H29N2S.C5H8O2.Ir/c1-21(2)26-18-24(23-12-6-5-7-13-23)19-27(22(3)4)32(26)35-30-16-10-9-15-29(30)34-33(35)28-20-36-31-17-11-8-14-25(28)31;1-4(6)3-5(2)7;/h5-19,21-22H,1-4H3;3,6H,1-2H3;/q-1;;/b;4-3-;. The van der Waals surface area contributed by atoms with Crippen LogP contribution in [0.3, 0.4) is 0 Å². The van der Waals surface area contributed by atoms with Gasteiger partial charge in [0.05, 0.1) is 22.6 Å². The second-order valence-corrected chi connectivity index (χ2v) is 12.3. The Kier molecular flexibility index (Phi) is 10.7. The summed E-state index contributed by atoms with van der Waals surface area (Å²) in [5, 5.41) is 13.2. The zero-order chi connectivity index (χ0) is 30.7. The largest absolute Gasteiger partial charge is 0.512 e. The number of aliphatic hydroxyl groups excluding tert-OH is 1. The molecule has 0 spiro atoms. The van der Waals surface area contributed by atoms with Crippen LogP contribution in [0.1, 0.15) is 64.5 Å². The van der Waals surface area contributed by atoms with Crippen LogP contribution < -0.4 is 0 Å². The molecular weight excluding hydrogens is 741 g/mol. The number of carbonyl (C=O) groups is 1. The third-order valence-corrected chi connectivity index (χ3v) is 8.24. The number of aliphatic hydroxyl groups is 1. The van der Waals surface area contributed by atoms with Crippen molar-refractivity contribution in [3.8, 4) is 28.2 Å². The monoisotopic (exact) mass is 778 g/mol. The molecule has 6 aromatic rings. The topological polar surface area (TPSA) is 55.1 Å². The number of rotatable bonds is 6. The molecule has 1 N–H and O–H groups in total. The van der Waals surface area contributed by atoms with Gasteiger partial charge in [0.1, 0.15) is 0 Å². The van der Waals surface area contributed by atoms with Gasteiger partial charge in [-0.1, -0.05) is 104 Å². The molecule has 0 saturated carbocycles. The molecule has 2 heterocycles. The Morgan fingerprint density at radius 3 is 2.02 bits per heavy atom. The van der Waals surface area contributed by atoms with Crippen molar-refractivity contribution in [1.82, 2.24) is 9.55 Å². The van der Waals surface area contributed by atoms with E-state index in [1.165, 1.54) is 58.0 Å². The number of thiophene rings is 1. The first kappa shape index (κ1) is 33.1. The first-order chi connectivity index (χ1) is 20.7. The van der Waals surface area contributed by atoms with E-state index in [0.29, 0.717) is 11.8 Å². The third-order valence-electron chi connectivity index (χ3n) is 7.36. The summed E-state index contributed by atoms with van der Waals surface area (Å²) in [6.07, 6.45) is 1.17. The summed E-state index contributed by atoms with van der Waals surface area (Å²) in [6, 6.07) is 32.5. The zero-order valence-electron chi connectivity index (χ0n) is 25.9. The van der Waals surface area contributed by atoms with E-state index in [-0.39, 0.29) is 31.6 Å². The van der Waals surface area contributed by atoms with Crippen LogP contribution >= 0.6 is 11.3 Å². The van der Waals surface area contributed by atoms with Crippen molar-refractivity contribution >= 4 is 38.2 Å². The van der Waals surface area contributed by atoms with Crippen LogP contribution in [0.4, 0.5) is 0 Å². The second-order valence-electron chi connectivity index (χ2n) is 11.4. The molecule has 0 saturated heterocycles. The Bertz CT molecular complexity index is 1900. The number of hydrogen-bond donors (Lipinski definition) is 1. The van der Waals surface area contributed by atoms with E-state index < -0.39 is 0 Å². The number of ketones is 1. The van der Waals surface area contributed by atoms with Gasteiger partial charge in [0.25, 0.3) is 0 Å². The van der Waals surface area contributed by atoms with Gasteiger partial charge >= 0.3 is 0 Å². The molecule has 1 radical (unpaired) electrons. The van der Waals surface area contributed by atoms with Crippen molar-refractivity contribution < 1.29 is 30.0 Å². The summed E-state index contributed by atoms with van der Waals surface area (Å²) in [4.78, 5) is 15.2. The van der Waals surface area contributed by atoms with Crippen molar-refractivity contribution in [2.45, 2.75) is 53.4 Å². The molecular formula is C38H37IrN2O2S-. The molecule has 227 valence electrons. The van der Waals surface area contributed by atoms with Crippen molar-refractivity contribution in [1.29, 1.82) is 0 Å². The molecule has 0 fully saturated rings. The van der Waals surface area contributed by atoms with Gasteiger partial charge in [0.15, 0.2) is 5.78 Å². The summed E-state index contributed by atoms with van der Waals surface area (Å²) in [7, 11) is 0. The van der Waals surface area contributed by atoms with Gasteiger partial charge in [0, 0.05) is 31.9 Å². The van der Waals surface area contributed by atoms with Gasteiger partial charge in [-0.25, -0.2) is 0 Å². The van der Waals surface area contributed by atoms with Crippen molar-refractivity contribution in [2.75, 3.05) is 0 Å². The number of carbonyl (C=O) groups excluding carboxylic acids is 1. The normalized spacial score (nSPS) is 11.5. The second kappa shape index (κ2) is 14.3. The molecule has 6 heteroatoms. The maximum Gasteiger partial charge on any atom is 0.155 e. The number of benzene rings is 4. The number of para-hydroxylation sites is 2. The molecule has 0 bridgehead atoms. The van der Waals surface area contributed by atoms with E-state index in [0.717, 1.165) is 22.4 Å². The fraction of sp³-hybridized carbons (Fsp3) is 0.211. The van der Waals surface area contributed by atoms with E-state index in [9.17, 15) is 4.79 Å².